The van der Waals surface area contributed by atoms with E-state index in [4.69, 9.17) is 10.8 Å². The zero-order valence-electron chi connectivity index (χ0n) is 8.49. The predicted octanol–water partition coefficient (Wildman–Crippen LogP) is 1.57. The Labute approximate surface area is 84.1 Å². The molecule has 0 aromatic heterocycles. The molecule has 0 aliphatic heterocycles. The number of carbonyl (C=O) groups is 1. The molecule has 13 heavy (non-hydrogen) atoms. The van der Waals surface area contributed by atoms with Gasteiger partial charge in [-0.15, -0.1) is 0 Å². The maximum Gasteiger partial charge on any atom is 0.307 e. The minimum atomic E-state index is -0.721. The number of carboxylic acid groups (broad SMARTS) is 1. The van der Waals surface area contributed by atoms with E-state index in [9.17, 15) is 4.79 Å². The summed E-state index contributed by atoms with van der Waals surface area (Å²) >= 11 is 1.68. The standard InChI is InChI=1S/C9H19NO2S/c1-6(10)4-5-13-8(3)7(2)9(11)12/h6-8H,4-5,10H2,1-3H3,(H,11,12). The molecule has 0 fully saturated rings. The molecule has 4 heteroatoms. The third-order valence-electron chi connectivity index (χ3n) is 2.05. The maximum atomic E-state index is 10.6. The Morgan fingerprint density at radius 3 is 2.38 bits per heavy atom. The van der Waals surface area contributed by atoms with Gasteiger partial charge in [0.25, 0.3) is 0 Å². The van der Waals surface area contributed by atoms with Crippen LogP contribution >= 0.6 is 11.8 Å². The van der Waals surface area contributed by atoms with E-state index in [1.54, 1.807) is 18.7 Å². The highest BCUT2D eigenvalue weighted by molar-refractivity contribution is 7.99. The van der Waals surface area contributed by atoms with Gasteiger partial charge in [-0.2, -0.15) is 11.8 Å². The van der Waals surface area contributed by atoms with Gasteiger partial charge >= 0.3 is 5.97 Å². The van der Waals surface area contributed by atoms with Crippen molar-refractivity contribution in [3.05, 3.63) is 0 Å². The van der Waals surface area contributed by atoms with Crippen molar-refractivity contribution in [2.75, 3.05) is 5.75 Å². The molecule has 0 saturated carbocycles. The highest BCUT2D eigenvalue weighted by atomic mass is 32.2. The first kappa shape index (κ1) is 12.8. The number of rotatable bonds is 6. The Morgan fingerprint density at radius 2 is 2.00 bits per heavy atom. The third kappa shape index (κ3) is 5.93. The smallest absolute Gasteiger partial charge is 0.307 e. The first-order chi connectivity index (χ1) is 5.95. The summed E-state index contributed by atoms with van der Waals surface area (Å²) in [6, 6.07) is 0.208. The number of aliphatic carboxylic acids is 1. The molecule has 78 valence electrons. The van der Waals surface area contributed by atoms with Gasteiger partial charge in [0.1, 0.15) is 0 Å². The SMILES string of the molecule is CC(N)CCSC(C)C(C)C(=O)O. The highest BCUT2D eigenvalue weighted by Crippen LogP contribution is 2.20. The van der Waals surface area contributed by atoms with Crippen LogP contribution in [0.2, 0.25) is 0 Å². The monoisotopic (exact) mass is 205 g/mol. The van der Waals surface area contributed by atoms with E-state index in [1.807, 2.05) is 13.8 Å². The summed E-state index contributed by atoms with van der Waals surface area (Å²) in [6.07, 6.45) is 0.946. The van der Waals surface area contributed by atoms with Crippen molar-refractivity contribution < 1.29 is 9.90 Å². The summed E-state index contributed by atoms with van der Waals surface area (Å²) in [4.78, 5) is 10.6. The maximum absolute atomic E-state index is 10.6. The van der Waals surface area contributed by atoms with Crippen LogP contribution in [0.1, 0.15) is 27.2 Å². The molecule has 0 amide bonds. The second-order valence-electron chi connectivity index (χ2n) is 3.47. The summed E-state index contributed by atoms with van der Waals surface area (Å²) in [7, 11) is 0. The van der Waals surface area contributed by atoms with E-state index in [0.717, 1.165) is 12.2 Å². The fraction of sp³-hybridized carbons (Fsp3) is 0.889. The second kappa shape index (κ2) is 6.27. The minimum absolute atomic E-state index is 0.163. The van der Waals surface area contributed by atoms with Crippen LogP contribution in [0, 0.1) is 5.92 Å². The number of carboxylic acids is 1. The van der Waals surface area contributed by atoms with Crippen molar-refractivity contribution in [2.24, 2.45) is 11.7 Å². The second-order valence-corrected chi connectivity index (χ2v) is 4.95. The predicted molar refractivity (Wildman–Crippen MR) is 57.0 cm³/mol. The molecule has 0 bridgehead atoms. The first-order valence-corrected chi connectivity index (χ1v) is 5.60. The largest absolute Gasteiger partial charge is 0.481 e. The molecular formula is C9H19NO2S. The first-order valence-electron chi connectivity index (χ1n) is 4.55. The van der Waals surface area contributed by atoms with Crippen molar-refractivity contribution in [3.8, 4) is 0 Å². The molecule has 0 spiro atoms. The average molecular weight is 205 g/mol. The molecule has 0 aromatic rings. The van der Waals surface area contributed by atoms with E-state index < -0.39 is 5.97 Å². The Balaban J connectivity index is 3.61. The van der Waals surface area contributed by atoms with Crippen LogP contribution in [0.3, 0.4) is 0 Å². The summed E-state index contributed by atoms with van der Waals surface area (Å²) in [5.74, 6) is -0.0601. The normalized spacial score (nSPS) is 17.8. The zero-order chi connectivity index (χ0) is 10.4. The number of hydrogen-bond donors (Lipinski definition) is 2. The number of thioether (sulfide) groups is 1. The van der Waals surface area contributed by atoms with Crippen LogP contribution in [-0.2, 0) is 4.79 Å². The van der Waals surface area contributed by atoms with Crippen molar-refractivity contribution in [1.82, 2.24) is 0 Å². The van der Waals surface area contributed by atoms with Gasteiger partial charge in [-0.1, -0.05) is 13.8 Å². The van der Waals surface area contributed by atoms with Gasteiger partial charge in [-0.3, -0.25) is 4.79 Å². The molecule has 0 saturated heterocycles. The van der Waals surface area contributed by atoms with Gasteiger partial charge in [-0.25, -0.2) is 0 Å². The van der Waals surface area contributed by atoms with E-state index in [0.29, 0.717) is 0 Å². The minimum Gasteiger partial charge on any atom is -0.481 e. The van der Waals surface area contributed by atoms with Crippen molar-refractivity contribution in [2.45, 2.75) is 38.5 Å². The molecule has 0 aliphatic carbocycles. The summed E-state index contributed by atoms with van der Waals surface area (Å²) in [5, 5.41) is 8.89. The Hall–Kier alpha value is -0.220. The summed E-state index contributed by atoms with van der Waals surface area (Å²) < 4.78 is 0. The molecule has 3 atom stereocenters. The average Bonchev–Trinajstić information content (AvgIpc) is 2.02. The lowest BCUT2D eigenvalue weighted by atomic mass is 10.1. The van der Waals surface area contributed by atoms with E-state index in [-0.39, 0.29) is 17.2 Å². The molecule has 0 radical (unpaired) electrons. The zero-order valence-corrected chi connectivity index (χ0v) is 9.30. The molecule has 0 rings (SSSR count). The third-order valence-corrected chi connectivity index (χ3v) is 3.45. The van der Waals surface area contributed by atoms with Gasteiger partial charge < -0.3 is 10.8 Å². The van der Waals surface area contributed by atoms with E-state index >= 15 is 0 Å². The quantitative estimate of drug-likeness (QED) is 0.691. The molecule has 0 aliphatic rings. The molecule has 3 unspecified atom stereocenters. The fourth-order valence-electron chi connectivity index (χ4n) is 0.785. The lowest BCUT2D eigenvalue weighted by molar-refractivity contribution is -0.140. The molecule has 0 heterocycles. The number of hydrogen-bond acceptors (Lipinski definition) is 3. The van der Waals surface area contributed by atoms with Crippen LogP contribution < -0.4 is 5.73 Å². The summed E-state index contributed by atoms with van der Waals surface area (Å²) in [6.45, 7) is 5.66. The topological polar surface area (TPSA) is 63.3 Å². The Morgan fingerprint density at radius 1 is 1.46 bits per heavy atom. The lowest BCUT2D eigenvalue weighted by Crippen LogP contribution is -2.21. The molecule has 0 aromatic carbocycles. The Kier molecular flexibility index (Phi) is 6.16. The van der Waals surface area contributed by atoms with Gasteiger partial charge in [0.05, 0.1) is 5.92 Å². The van der Waals surface area contributed by atoms with Crippen molar-refractivity contribution >= 4 is 17.7 Å². The van der Waals surface area contributed by atoms with Gasteiger partial charge in [0.2, 0.25) is 0 Å². The number of nitrogens with two attached hydrogens (primary N) is 1. The Bertz CT molecular complexity index is 162. The van der Waals surface area contributed by atoms with Crippen molar-refractivity contribution in [1.29, 1.82) is 0 Å². The van der Waals surface area contributed by atoms with Crippen LogP contribution in [0.5, 0.6) is 0 Å². The van der Waals surface area contributed by atoms with Gasteiger partial charge in [0, 0.05) is 11.3 Å². The van der Waals surface area contributed by atoms with Gasteiger partial charge in [-0.05, 0) is 19.1 Å². The molecule has 3 nitrogen and oxygen atoms in total. The van der Waals surface area contributed by atoms with E-state index in [2.05, 4.69) is 0 Å². The van der Waals surface area contributed by atoms with Crippen LogP contribution in [0.25, 0.3) is 0 Å². The van der Waals surface area contributed by atoms with Crippen LogP contribution in [0.15, 0.2) is 0 Å². The highest BCUT2D eigenvalue weighted by Gasteiger charge is 2.19. The van der Waals surface area contributed by atoms with Crippen molar-refractivity contribution in [3.63, 3.8) is 0 Å². The van der Waals surface area contributed by atoms with Crippen LogP contribution in [0.4, 0.5) is 0 Å². The van der Waals surface area contributed by atoms with E-state index in [1.165, 1.54) is 0 Å². The van der Waals surface area contributed by atoms with Crippen LogP contribution in [-0.4, -0.2) is 28.1 Å². The summed E-state index contributed by atoms with van der Waals surface area (Å²) in [5.41, 5.74) is 5.58. The molecular weight excluding hydrogens is 186 g/mol. The fourth-order valence-corrected chi connectivity index (χ4v) is 2.07. The lowest BCUT2D eigenvalue weighted by Gasteiger charge is -2.15. The van der Waals surface area contributed by atoms with Gasteiger partial charge in [0.15, 0.2) is 0 Å². The molecule has 3 N–H and O–H groups in total.